The number of rotatable bonds is 14. The van der Waals surface area contributed by atoms with Crippen molar-refractivity contribution in [2.75, 3.05) is 34.2 Å². The van der Waals surface area contributed by atoms with Crippen LogP contribution in [0.1, 0.15) is 54.1 Å². The minimum atomic E-state index is -3.07. The smallest absolute Gasteiger partial charge is 0.339 e. The second-order valence-corrected chi connectivity index (χ2v) is 22.9. The average Bonchev–Trinajstić information content (AvgIpc) is 4.17. The Hall–Kier alpha value is -6.87. The maximum absolute atomic E-state index is 14.3. The molecule has 4 aliphatic heterocycles. The summed E-state index contributed by atoms with van der Waals surface area (Å²) in [7, 11) is 0.0728. The SMILES string of the molecule is COc1cc2c(OC3OC[C@@]4(CO[Si](c5ccccc5)(c5ccccc5)C(C)(C)C)OC(c5ccccc5)O[C@@H]34)c3c(c(-c4cc5c(cc4OCc4ccccc4)OCO5)c2cc1OC)C(=O)OC3. The molecular formula is C56H52O12Si. The maximum atomic E-state index is 14.3. The van der Waals surface area contributed by atoms with E-state index in [4.69, 9.17) is 51.8 Å². The lowest BCUT2D eigenvalue weighted by atomic mass is 9.88. The van der Waals surface area contributed by atoms with Crippen LogP contribution in [0, 0.1) is 0 Å². The van der Waals surface area contributed by atoms with E-state index in [1.54, 1.807) is 20.3 Å². The standard InChI is InChI=1S/C56H52O12Si/c1-55(2,3)69(37-22-14-8-15-23-37,38-24-16-9-17-25-38)65-33-56-32-62-54(51(56)67-53(68-56)36-20-12-7-13-21-36)66-50-40-27-45(59-5)44(58-4)26-39(40)48(49-42(50)31-61-52(49)57)41-28-46-47(64-34-63-46)29-43(41)60-30-35-18-10-6-11-19-35/h6-29,51,53-54H,30-34H2,1-5H3/t51-,53?,54?,56-/m0/s1. The van der Waals surface area contributed by atoms with Crippen molar-refractivity contribution >= 4 is 35.4 Å². The van der Waals surface area contributed by atoms with Gasteiger partial charge in [-0.15, -0.1) is 0 Å². The van der Waals surface area contributed by atoms with E-state index in [2.05, 4.69) is 69.3 Å². The Morgan fingerprint density at radius 1 is 0.696 bits per heavy atom. The van der Waals surface area contributed by atoms with Crippen molar-refractivity contribution in [3.63, 3.8) is 0 Å². The summed E-state index contributed by atoms with van der Waals surface area (Å²) in [6, 6.07) is 48.0. The van der Waals surface area contributed by atoms with Crippen LogP contribution >= 0.6 is 0 Å². The number of esters is 1. The third-order valence-corrected chi connectivity index (χ3v) is 18.5. The highest BCUT2D eigenvalue weighted by Crippen LogP contribution is 2.54. The molecule has 13 heteroatoms. The molecule has 12 nitrogen and oxygen atoms in total. The van der Waals surface area contributed by atoms with Crippen molar-refractivity contribution in [1.82, 2.24) is 0 Å². The summed E-state index contributed by atoms with van der Waals surface area (Å²) >= 11 is 0. The molecule has 7 aromatic rings. The van der Waals surface area contributed by atoms with Gasteiger partial charge < -0.3 is 51.8 Å². The molecule has 0 N–H and O–H groups in total. The molecule has 0 radical (unpaired) electrons. The average molecular weight is 945 g/mol. The summed E-state index contributed by atoms with van der Waals surface area (Å²) in [4.78, 5) is 14.3. The molecule has 0 bridgehead atoms. The molecule has 69 heavy (non-hydrogen) atoms. The Morgan fingerprint density at radius 2 is 1.30 bits per heavy atom. The van der Waals surface area contributed by atoms with Crippen molar-refractivity contribution in [3.05, 3.63) is 168 Å². The molecular weight excluding hydrogens is 893 g/mol. The predicted octanol–water partition coefficient (Wildman–Crippen LogP) is 9.67. The molecule has 352 valence electrons. The van der Waals surface area contributed by atoms with Crippen molar-refractivity contribution < 1.29 is 56.6 Å². The zero-order chi connectivity index (χ0) is 47.3. The van der Waals surface area contributed by atoms with Gasteiger partial charge in [-0.05, 0) is 44.6 Å². The molecule has 0 aliphatic carbocycles. The third kappa shape index (κ3) is 7.74. The lowest BCUT2D eigenvalue weighted by molar-refractivity contribution is -0.166. The molecule has 4 heterocycles. The van der Waals surface area contributed by atoms with E-state index in [1.165, 1.54) is 0 Å². The Morgan fingerprint density at radius 3 is 1.94 bits per heavy atom. The van der Waals surface area contributed by atoms with Crippen molar-refractivity contribution in [2.24, 2.45) is 0 Å². The monoisotopic (exact) mass is 944 g/mol. The molecule has 0 amide bonds. The van der Waals surface area contributed by atoms with Crippen LogP contribution in [-0.2, 0) is 36.6 Å². The Kier molecular flexibility index (Phi) is 11.6. The summed E-state index contributed by atoms with van der Waals surface area (Å²) in [5, 5.41) is 3.17. The largest absolute Gasteiger partial charge is 0.493 e. The van der Waals surface area contributed by atoms with Gasteiger partial charge in [-0.2, -0.15) is 0 Å². The first-order chi connectivity index (χ1) is 33.6. The van der Waals surface area contributed by atoms with Gasteiger partial charge in [-0.1, -0.05) is 142 Å². The lowest BCUT2D eigenvalue weighted by Crippen LogP contribution is -2.68. The summed E-state index contributed by atoms with van der Waals surface area (Å²) < 4.78 is 71.5. The number of ether oxygens (including phenoxy) is 10. The predicted molar refractivity (Wildman–Crippen MR) is 260 cm³/mol. The molecule has 11 rings (SSSR count). The molecule has 4 aliphatic rings. The molecule has 2 saturated heterocycles. The lowest BCUT2D eigenvalue weighted by Gasteiger charge is -2.44. The van der Waals surface area contributed by atoms with E-state index < -0.39 is 38.6 Å². The fourth-order valence-corrected chi connectivity index (χ4v) is 14.8. The van der Waals surface area contributed by atoms with Crippen molar-refractivity contribution in [2.45, 2.75) is 63.3 Å². The molecule has 4 atom stereocenters. The molecule has 2 unspecified atom stereocenters. The van der Waals surface area contributed by atoms with Crippen molar-refractivity contribution in [3.8, 4) is 45.6 Å². The Labute approximate surface area is 401 Å². The molecule has 2 fully saturated rings. The van der Waals surface area contributed by atoms with E-state index in [9.17, 15) is 4.79 Å². The molecule has 7 aromatic carbocycles. The van der Waals surface area contributed by atoms with Crippen LogP contribution in [0.3, 0.4) is 0 Å². The summed E-state index contributed by atoms with van der Waals surface area (Å²) in [5.74, 6) is 2.23. The first-order valence-corrected chi connectivity index (χ1v) is 25.0. The normalized spacial score (nSPS) is 20.4. The van der Waals surface area contributed by atoms with Crippen LogP contribution in [0.25, 0.3) is 21.9 Å². The fourth-order valence-electron chi connectivity index (χ4n) is 10.2. The second-order valence-electron chi connectivity index (χ2n) is 18.6. The number of hydrogen-bond acceptors (Lipinski definition) is 12. The number of carbonyl (C=O) groups excluding carboxylic acids is 1. The van der Waals surface area contributed by atoms with Gasteiger partial charge >= 0.3 is 5.97 Å². The fraction of sp³-hybridized carbons (Fsp3) is 0.268. The van der Waals surface area contributed by atoms with Crippen LogP contribution < -0.4 is 38.8 Å². The van der Waals surface area contributed by atoms with Gasteiger partial charge in [0.2, 0.25) is 13.1 Å². The Bertz CT molecular complexity index is 2980. The zero-order valence-corrected chi connectivity index (χ0v) is 40.0. The molecule has 0 spiro atoms. The van der Waals surface area contributed by atoms with Crippen LogP contribution in [0.4, 0.5) is 0 Å². The Balaban J connectivity index is 1.04. The number of hydrogen-bond donors (Lipinski definition) is 0. The van der Waals surface area contributed by atoms with Gasteiger partial charge in [0.1, 0.15) is 30.3 Å². The van der Waals surface area contributed by atoms with E-state index in [0.29, 0.717) is 67.5 Å². The summed E-state index contributed by atoms with van der Waals surface area (Å²) in [5.41, 5.74) is 2.63. The number of methoxy groups -OCH3 is 2. The topological polar surface area (TPSA) is 119 Å². The minimum absolute atomic E-state index is 0.0412. The van der Waals surface area contributed by atoms with Crippen LogP contribution in [0.5, 0.6) is 34.5 Å². The van der Waals surface area contributed by atoms with E-state index >= 15 is 0 Å². The molecule has 0 aromatic heterocycles. The molecule has 0 saturated carbocycles. The van der Waals surface area contributed by atoms with Gasteiger partial charge in [0, 0.05) is 33.7 Å². The minimum Gasteiger partial charge on any atom is -0.493 e. The summed E-state index contributed by atoms with van der Waals surface area (Å²) in [6.45, 7) is 7.18. The first-order valence-electron chi connectivity index (χ1n) is 23.0. The van der Waals surface area contributed by atoms with Gasteiger partial charge in [0.15, 0.2) is 35.4 Å². The number of fused-ring (bicyclic) bond motifs is 4. The summed E-state index contributed by atoms with van der Waals surface area (Å²) in [6.07, 6.45) is -2.58. The van der Waals surface area contributed by atoms with E-state index in [1.807, 2.05) is 91.0 Å². The van der Waals surface area contributed by atoms with E-state index in [0.717, 1.165) is 21.5 Å². The van der Waals surface area contributed by atoms with Crippen LogP contribution in [-0.4, -0.2) is 66.5 Å². The number of carbonyl (C=O) groups is 1. The quantitative estimate of drug-likeness (QED) is 0.0763. The maximum Gasteiger partial charge on any atom is 0.339 e. The van der Waals surface area contributed by atoms with Gasteiger partial charge in [0.25, 0.3) is 8.32 Å². The first kappa shape index (κ1) is 44.6. The van der Waals surface area contributed by atoms with Crippen LogP contribution in [0.15, 0.2) is 146 Å². The van der Waals surface area contributed by atoms with Crippen molar-refractivity contribution in [1.29, 1.82) is 0 Å². The second kappa shape index (κ2) is 17.9. The van der Waals surface area contributed by atoms with Gasteiger partial charge in [-0.25, -0.2) is 4.79 Å². The highest BCUT2D eigenvalue weighted by Gasteiger charge is 2.62. The van der Waals surface area contributed by atoms with Gasteiger partial charge in [0.05, 0.1) is 33.0 Å². The number of cyclic esters (lactones) is 1. The van der Waals surface area contributed by atoms with E-state index in [-0.39, 0.29) is 38.3 Å². The highest BCUT2D eigenvalue weighted by molar-refractivity contribution is 6.99. The number of benzene rings is 7. The third-order valence-electron chi connectivity index (χ3n) is 13.5. The highest BCUT2D eigenvalue weighted by atomic mass is 28.4. The van der Waals surface area contributed by atoms with Gasteiger partial charge in [-0.3, -0.25) is 0 Å². The van der Waals surface area contributed by atoms with Crippen LogP contribution in [0.2, 0.25) is 5.04 Å². The zero-order valence-electron chi connectivity index (χ0n) is 39.0.